The lowest BCUT2D eigenvalue weighted by molar-refractivity contribution is -0.137. The standard InChI is InChI=1S/C23H19Cl2F3N2O2/c24-21(25)22(31)29-15-8-3-7-14(11-15)19-12-18(30-32-19)20-16(13-5-1-2-6-13)9-4-10-17(20)23(26,27)28/h3-4,7-13,21H,1-2,5-6H2,(H,29,31). The molecule has 0 spiro atoms. The summed E-state index contributed by atoms with van der Waals surface area (Å²) in [6.45, 7) is 0. The van der Waals surface area contributed by atoms with Crippen molar-refractivity contribution in [3.8, 4) is 22.6 Å². The number of benzene rings is 2. The molecule has 1 aliphatic rings. The number of hydrogen-bond donors (Lipinski definition) is 1. The van der Waals surface area contributed by atoms with E-state index in [4.69, 9.17) is 27.7 Å². The van der Waals surface area contributed by atoms with E-state index in [9.17, 15) is 18.0 Å². The first-order valence-corrected chi connectivity index (χ1v) is 11.0. The van der Waals surface area contributed by atoms with Crippen molar-refractivity contribution in [2.24, 2.45) is 0 Å². The predicted octanol–water partition coefficient (Wildman–Crippen LogP) is 7.43. The quantitative estimate of drug-likeness (QED) is 0.384. The molecule has 168 valence electrons. The lowest BCUT2D eigenvalue weighted by Crippen LogP contribution is -2.18. The molecule has 9 heteroatoms. The number of alkyl halides is 5. The highest BCUT2D eigenvalue weighted by Gasteiger charge is 2.37. The molecule has 0 saturated heterocycles. The van der Waals surface area contributed by atoms with Crippen LogP contribution in [-0.2, 0) is 11.0 Å². The third-order valence-corrected chi connectivity index (χ3v) is 5.97. The van der Waals surface area contributed by atoms with Gasteiger partial charge in [-0.15, -0.1) is 0 Å². The van der Waals surface area contributed by atoms with Crippen molar-refractivity contribution >= 4 is 34.8 Å². The second-order valence-corrected chi connectivity index (χ2v) is 8.79. The van der Waals surface area contributed by atoms with Crippen LogP contribution in [0, 0.1) is 0 Å². The van der Waals surface area contributed by atoms with E-state index in [1.165, 1.54) is 12.1 Å². The molecule has 1 N–H and O–H groups in total. The van der Waals surface area contributed by atoms with Crippen LogP contribution >= 0.6 is 23.2 Å². The third-order valence-electron chi connectivity index (χ3n) is 5.58. The van der Waals surface area contributed by atoms with Crippen molar-refractivity contribution in [2.75, 3.05) is 5.32 Å². The van der Waals surface area contributed by atoms with Crippen molar-refractivity contribution in [3.05, 3.63) is 59.7 Å². The van der Waals surface area contributed by atoms with Crippen LogP contribution < -0.4 is 5.32 Å². The van der Waals surface area contributed by atoms with Crippen LogP contribution in [0.3, 0.4) is 0 Å². The molecule has 1 aromatic heterocycles. The molecule has 0 aliphatic heterocycles. The van der Waals surface area contributed by atoms with E-state index in [0.29, 0.717) is 16.8 Å². The highest BCUT2D eigenvalue weighted by molar-refractivity contribution is 6.54. The number of halogens is 5. The Kier molecular flexibility index (Phi) is 6.49. The first kappa shape index (κ1) is 22.7. The van der Waals surface area contributed by atoms with Gasteiger partial charge in [-0.2, -0.15) is 13.2 Å². The van der Waals surface area contributed by atoms with Crippen LogP contribution in [0.1, 0.15) is 42.7 Å². The Morgan fingerprint density at radius 3 is 2.50 bits per heavy atom. The number of nitrogens with zero attached hydrogens (tertiary/aromatic N) is 1. The van der Waals surface area contributed by atoms with Crippen LogP contribution in [0.25, 0.3) is 22.6 Å². The highest BCUT2D eigenvalue weighted by atomic mass is 35.5. The monoisotopic (exact) mass is 482 g/mol. The third kappa shape index (κ3) is 4.79. The van der Waals surface area contributed by atoms with Gasteiger partial charge in [0.05, 0.1) is 5.56 Å². The lowest BCUT2D eigenvalue weighted by Gasteiger charge is -2.19. The van der Waals surface area contributed by atoms with Gasteiger partial charge < -0.3 is 9.84 Å². The fourth-order valence-corrected chi connectivity index (χ4v) is 4.25. The summed E-state index contributed by atoms with van der Waals surface area (Å²) in [4.78, 5) is 10.5. The van der Waals surface area contributed by atoms with Crippen LogP contribution in [-0.4, -0.2) is 15.9 Å². The van der Waals surface area contributed by atoms with Gasteiger partial charge in [-0.25, -0.2) is 0 Å². The Hall–Kier alpha value is -2.51. The molecule has 1 aliphatic carbocycles. The average Bonchev–Trinajstić information content (AvgIpc) is 3.45. The maximum absolute atomic E-state index is 13.9. The largest absolute Gasteiger partial charge is 0.417 e. The van der Waals surface area contributed by atoms with Gasteiger partial charge in [0, 0.05) is 22.9 Å². The SMILES string of the molecule is O=C(Nc1cccc(-c2cc(-c3c(C4CCCC4)cccc3C(F)(F)F)no2)c1)C(Cl)Cl. The summed E-state index contributed by atoms with van der Waals surface area (Å²) in [6, 6.07) is 12.4. The van der Waals surface area contributed by atoms with Gasteiger partial charge in [0.1, 0.15) is 5.69 Å². The average molecular weight is 483 g/mol. The zero-order chi connectivity index (χ0) is 22.9. The number of hydrogen-bond acceptors (Lipinski definition) is 3. The zero-order valence-corrected chi connectivity index (χ0v) is 18.3. The van der Waals surface area contributed by atoms with Gasteiger partial charge in [-0.05, 0) is 42.5 Å². The van der Waals surface area contributed by atoms with Gasteiger partial charge in [0.2, 0.25) is 0 Å². The zero-order valence-electron chi connectivity index (χ0n) is 16.8. The minimum Gasteiger partial charge on any atom is -0.356 e. The van der Waals surface area contributed by atoms with Crippen molar-refractivity contribution in [2.45, 2.75) is 42.6 Å². The maximum atomic E-state index is 13.9. The minimum atomic E-state index is -4.52. The molecule has 1 saturated carbocycles. The molecule has 1 fully saturated rings. The number of amides is 1. The fraction of sp³-hybridized carbons (Fsp3) is 0.304. The van der Waals surface area contributed by atoms with E-state index in [1.807, 2.05) is 0 Å². The summed E-state index contributed by atoms with van der Waals surface area (Å²) >= 11 is 11.1. The summed E-state index contributed by atoms with van der Waals surface area (Å²) < 4.78 is 47.0. The first-order chi connectivity index (χ1) is 15.2. The highest BCUT2D eigenvalue weighted by Crippen LogP contribution is 2.45. The van der Waals surface area contributed by atoms with Gasteiger partial charge in [-0.1, -0.05) is 65.5 Å². The van der Waals surface area contributed by atoms with Gasteiger partial charge in [-0.3, -0.25) is 4.79 Å². The molecule has 0 bridgehead atoms. The molecule has 3 aromatic rings. The Morgan fingerprint density at radius 1 is 1.09 bits per heavy atom. The van der Waals surface area contributed by atoms with Crippen molar-refractivity contribution < 1.29 is 22.5 Å². The molecule has 0 atom stereocenters. The van der Waals surface area contributed by atoms with E-state index >= 15 is 0 Å². The normalized spacial score (nSPS) is 14.8. The van der Waals surface area contributed by atoms with Crippen LogP contribution in [0.5, 0.6) is 0 Å². The minimum absolute atomic E-state index is 0.0602. The Labute approximate surface area is 192 Å². The van der Waals surface area contributed by atoms with Gasteiger partial charge >= 0.3 is 6.18 Å². The van der Waals surface area contributed by atoms with Crippen molar-refractivity contribution in [1.82, 2.24) is 5.16 Å². The van der Waals surface area contributed by atoms with Crippen LogP contribution in [0.15, 0.2) is 53.1 Å². The Bertz CT molecular complexity index is 1120. The van der Waals surface area contributed by atoms with E-state index in [2.05, 4.69) is 10.5 Å². The molecule has 0 radical (unpaired) electrons. The molecule has 0 unspecified atom stereocenters. The molecule has 4 nitrogen and oxygen atoms in total. The van der Waals surface area contributed by atoms with Crippen molar-refractivity contribution in [1.29, 1.82) is 0 Å². The number of carbonyl (C=O) groups is 1. The number of carbonyl (C=O) groups excluding carboxylic acids is 1. The fourth-order valence-electron chi connectivity index (χ4n) is 4.15. The van der Waals surface area contributed by atoms with E-state index in [1.54, 1.807) is 30.3 Å². The Morgan fingerprint density at radius 2 is 1.81 bits per heavy atom. The Balaban J connectivity index is 1.74. The van der Waals surface area contributed by atoms with Crippen LogP contribution in [0.2, 0.25) is 0 Å². The number of aromatic nitrogens is 1. The molecule has 1 amide bonds. The van der Waals surface area contributed by atoms with E-state index in [0.717, 1.165) is 31.7 Å². The smallest absolute Gasteiger partial charge is 0.356 e. The topological polar surface area (TPSA) is 55.1 Å². The number of anilines is 1. The predicted molar refractivity (Wildman–Crippen MR) is 118 cm³/mol. The summed E-state index contributed by atoms with van der Waals surface area (Å²) in [5.74, 6) is -0.257. The second-order valence-electron chi connectivity index (χ2n) is 7.70. The van der Waals surface area contributed by atoms with Gasteiger partial charge in [0.15, 0.2) is 10.6 Å². The molecular formula is C23H19Cl2F3N2O2. The van der Waals surface area contributed by atoms with E-state index in [-0.39, 0.29) is 22.9 Å². The summed E-state index contributed by atoms with van der Waals surface area (Å²) in [6.07, 6.45) is -0.832. The van der Waals surface area contributed by atoms with E-state index < -0.39 is 22.5 Å². The number of rotatable bonds is 5. The second kappa shape index (κ2) is 9.16. The summed E-state index contributed by atoms with van der Waals surface area (Å²) in [7, 11) is 0. The summed E-state index contributed by atoms with van der Waals surface area (Å²) in [5.41, 5.74) is 1.07. The number of nitrogens with one attached hydrogen (secondary N) is 1. The first-order valence-electron chi connectivity index (χ1n) is 10.1. The molecule has 32 heavy (non-hydrogen) atoms. The van der Waals surface area contributed by atoms with Crippen LogP contribution in [0.4, 0.5) is 18.9 Å². The molecule has 1 heterocycles. The maximum Gasteiger partial charge on any atom is 0.417 e. The molecular weight excluding hydrogens is 464 g/mol. The molecule has 4 rings (SSSR count). The lowest BCUT2D eigenvalue weighted by atomic mass is 9.88. The molecule has 2 aromatic carbocycles. The summed E-state index contributed by atoms with van der Waals surface area (Å²) in [5, 5.41) is 6.53. The van der Waals surface area contributed by atoms with Gasteiger partial charge in [0.25, 0.3) is 5.91 Å². The van der Waals surface area contributed by atoms with Crippen molar-refractivity contribution in [3.63, 3.8) is 0 Å².